The molecule has 0 aromatic carbocycles. The Balaban J connectivity index is 3.05. The van der Waals surface area contributed by atoms with E-state index in [4.69, 9.17) is 22.4 Å². The summed E-state index contributed by atoms with van der Waals surface area (Å²) in [5, 5.41) is 23.2. The molecule has 1 heterocycles. The Labute approximate surface area is 147 Å². The van der Waals surface area contributed by atoms with E-state index >= 15 is 0 Å². The van der Waals surface area contributed by atoms with Gasteiger partial charge in [0.25, 0.3) is 5.91 Å². The van der Waals surface area contributed by atoms with Gasteiger partial charge in [-0.15, -0.1) is 0 Å². The van der Waals surface area contributed by atoms with Crippen LogP contribution in [0.25, 0.3) is 0 Å². The highest BCUT2D eigenvalue weighted by molar-refractivity contribution is 9.10. The molecule has 10 heteroatoms. The van der Waals surface area contributed by atoms with Crippen LogP contribution in [0.4, 0.5) is 10.6 Å². The predicted molar refractivity (Wildman–Crippen MR) is 92.6 cm³/mol. The quantitative estimate of drug-likeness (QED) is 0.551. The van der Waals surface area contributed by atoms with Crippen molar-refractivity contribution in [1.82, 2.24) is 15.2 Å². The lowest BCUT2D eigenvalue weighted by Gasteiger charge is -2.20. The molecule has 126 valence electrons. The van der Waals surface area contributed by atoms with Gasteiger partial charge in [0.15, 0.2) is 5.11 Å². The first-order valence-electron chi connectivity index (χ1n) is 6.68. The number of pyridine rings is 1. The first-order chi connectivity index (χ1) is 10.8. The van der Waals surface area contributed by atoms with Crippen LogP contribution in [0.15, 0.2) is 16.7 Å². The van der Waals surface area contributed by atoms with Crippen molar-refractivity contribution in [3.05, 3.63) is 22.3 Å². The maximum absolute atomic E-state index is 12.2. The van der Waals surface area contributed by atoms with Gasteiger partial charge in [-0.25, -0.2) is 9.78 Å². The zero-order valence-electron chi connectivity index (χ0n) is 12.5. The largest absolute Gasteiger partial charge is 0.465 e. The van der Waals surface area contributed by atoms with Crippen LogP contribution in [0.2, 0.25) is 0 Å². The molecular weight excluding hydrogens is 388 g/mol. The van der Waals surface area contributed by atoms with E-state index in [1.54, 1.807) is 13.8 Å². The van der Waals surface area contributed by atoms with E-state index in [1.165, 1.54) is 12.3 Å². The zero-order valence-corrected chi connectivity index (χ0v) is 14.9. The SMILES string of the molecule is CCN(C(=O)O)C(=S)Nc1ncc(Br)cc1C(=O)N[C@@H](C)CO. The van der Waals surface area contributed by atoms with Gasteiger partial charge in [-0.3, -0.25) is 9.69 Å². The van der Waals surface area contributed by atoms with Crippen molar-refractivity contribution in [2.75, 3.05) is 18.5 Å². The average molecular weight is 405 g/mol. The summed E-state index contributed by atoms with van der Waals surface area (Å²) in [5.74, 6) is -0.343. The molecule has 8 nitrogen and oxygen atoms in total. The molecule has 0 aliphatic heterocycles. The second-order valence-electron chi connectivity index (χ2n) is 4.56. The fraction of sp³-hybridized carbons (Fsp3) is 0.385. The number of amides is 2. The summed E-state index contributed by atoms with van der Waals surface area (Å²) in [7, 11) is 0. The number of hydrogen-bond acceptors (Lipinski definition) is 5. The van der Waals surface area contributed by atoms with E-state index in [2.05, 4.69) is 31.5 Å². The Morgan fingerprint density at radius 3 is 2.70 bits per heavy atom. The molecule has 0 unspecified atom stereocenters. The maximum Gasteiger partial charge on any atom is 0.413 e. The number of anilines is 1. The second kappa shape index (κ2) is 8.75. The molecule has 4 N–H and O–H groups in total. The normalized spacial score (nSPS) is 11.5. The number of halogens is 1. The zero-order chi connectivity index (χ0) is 17.6. The lowest BCUT2D eigenvalue weighted by atomic mass is 10.2. The Hall–Kier alpha value is -1.78. The van der Waals surface area contributed by atoms with Crippen LogP contribution in [0.1, 0.15) is 24.2 Å². The fourth-order valence-electron chi connectivity index (χ4n) is 1.59. The van der Waals surface area contributed by atoms with Crippen molar-refractivity contribution in [3.8, 4) is 0 Å². The molecule has 0 saturated carbocycles. The summed E-state index contributed by atoms with van der Waals surface area (Å²) < 4.78 is 0.571. The summed E-state index contributed by atoms with van der Waals surface area (Å²) in [6.45, 7) is 3.22. The van der Waals surface area contributed by atoms with E-state index < -0.39 is 18.0 Å². The molecule has 1 atom stereocenters. The molecule has 0 aliphatic rings. The van der Waals surface area contributed by atoms with Gasteiger partial charge in [0.1, 0.15) is 5.82 Å². The van der Waals surface area contributed by atoms with Gasteiger partial charge < -0.3 is 20.8 Å². The van der Waals surface area contributed by atoms with Crippen LogP contribution in [-0.2, 0) is 0 Å². The van der Waals surface area contributed by atoms with Crippen molar-refractivity contribution in [1.29, 1.82) is 0 Å². The van der Waals surface area contributed by atoms with Crippen molar-refractivity contribution in [2.45, 2.75) is 19.9 Å². The molecule has 0 bridgehead atoms. The molecule has 1 rings (SSSR count). The highest BCUT2D eigenvalue weighted by atomic mass is 79.9. The molecule has 2 amide bonds. The predicted octanol–water partition coefficient (Wildman–Crippen LogP) is 1.65. The molecule has 0 radical (unpaired) electrons. The molecule has 1 aromatic heterocycles. The second-order valence-corrected chi connectivity index (χ2v) is 5.87. The van der Waals surface area contributed by atoms with Gasteiger partial charge >= 0.3 is 6.09 Å². The van der Waals surface area contributed by atoms with Crippen LogP contribution in [0.3, 0.4) is 0 Å². The van der Waals surface area contributed by atoms with Crippen molar-refractivity contribution in [2.24, 2.45) is 0 Å². The number of carboxylic acid groups (broad SMARTS) is 1. The highest BCUT2D eigenvalue weighted by Gasteiger charge is 2.20. The number of carbonyl (C=O) groups excluding carboxylic acids is 1. The number of thiocarbonyl (C=S) groups is 1. The number of aliphatic hydroxyl groups is 1. The van der Waals surface area contributed by atoms with E-state index in [1.807, 2.05) is 0 Å². The van der Waals surface area contributed by atoms with E-state index in [0.717, 1.165) is 4.90 Å². The summed E-state index contributed by atoms with van der Waals surface area (Å²) in [5.41, 5.74) is 0.170. The number of rotatable bonds is 5. The molecule has 1 aromatic rings. The van der Waals surface area contributed by atoms with Gasteiger partial charge in [0.05, 0.1) is 12.2 Å². The minimum atomic E-state index is -1.21. The van der Waals surface area contributed by atoms with Crippen LogP contribution in [0.5, 0.6) is 0 Å². The van der Waals surface area contributed by atoms with Crippen LogP contribution in [0, 0.1) is 0 Å². The van der Waals surface area contributed by atoms with Crippen molar-refractivity contribution >= 4 is 51.1 Å². The number of carbonyl (C=O) groups is 2. The molecule has 0 fully saturated rings. The number of aliphatic hydroxyl groups excluding tert-OH is 1. The number of nitrogens with one attached hydrogen (secondary N) is 2. The van der Waals surface area contributed by atoms with Crippen LogP contribution < -0.4 is 10.6 Å². The Morgan fingerprint density at radius 2 is 2.17 bits per heavy atom. The lowest BCUT2D eigenvalue weighted by molar-refractivity contribution is 0.0923. The topological polar surface area (TPSA) is 115 Å². The van der Waals surface area contributed by atoms with E-state index in [-0.39, 0.29) is 29.6 Å². The van der Waals surface area contributed by atoms with Crippen molar-refractivity contribution in [3.63, 3.8) is 0 Å². The number of hydrogen-bond donors (Lipinski definition) is 4. The Kier molecular flexibility index (Phi) is 7.33. The third kappa shape index (κ3) is 5.41. The average Bonchev–Trinajstić information content (AvgIpc) is 2.49. The summed E-state index contributed by atoms with van der Waals surface area (Å²) in [6, 6.07) is 1.08. The Bertz CT molecular complexity index is 614. The van der Waals surface area contributed by atoms with Gasteiger partial charge in [-0.05, 0) is 48.1 Å². The summed E-state index contributed by atoms with van der Waals surface area (Å²) in [4.78, 5) is 28.3. The standard InChI is InChI=1S/C13H17BrN4O4S/c1-3-18(13(21)22)12(23)17-10-9(4-8(14)5-15-10)11(20)16-7(2)6-19/h4-5,7,19H,3,6H2,1-2H3,(H,16,20)(H,21,22)(H,15,17,23)/t7-/m0/s1. The van der Waals surface area contributed by atoms with E-state index in [9.17, 15) is 9.59 Å². The third-order valence-corrected chi connectivity index (χ3v) is 3.52. The highest BCUT2D eigenvalue weighted by Crippen LogP contribution is 2.19. The fourth-order valence-corrected chi connectivity index (χ4v) is 2.23. The number of aromatic nitrogens is 1. The summed E-state index contributed by atoms with van der Waals surface area (Å²) in [6.07, 6.45) is 0.246. The molecule has 0 saturated heterocycles. The third-order valence-electron chi connectivity index (χ3n) is 2.77. The van der Waals surface area contributed by atoms with Gasteiger partial charge in [0.2, 0.25) is 0 Å². The van der Waals surface area contributed by atoms with Gasteiger partial charge in [0, 0.05) is 23.3 Å². The minimum absolute atomic E-state index is 0.0842. The van der Waals surface area contributed by atoms with Gasteiger partial charge in [-0.2, -0.15) is 0 Å². The van der Waals surface area contributed by atoms with Gasteiger partial charge in [-0.1, -0.05) is 0 Å². The van der Waals surface area contributed by atoms with Crippen LogP contribution >= 0.6 is 28.1 Å². The maximum atomic E-state index is 12.2. The number of nitrogens with zero attached hydrogens (tertiary/aromatic N) is 2. The minimum Gasteiger partial charge on any atom is -0.465 e. The molecule has 0 spiro atoms. The molecular formula is C13H17BrN4O4S. The lowest BCUT2D eigenvalue weighted by Crippen LogP contribution is -2.40. The van der Waals surface area contributed by atoms with Crippen LogP contribution in [-0.4, -0.2) is 56.4 Å². The first kappa shape index (κ1) is 19.3. The molecule has 0 aliphatic carbocycles. The monoisotopic (exact) mass is 404 g/mol. The molecule has 23 heavy (non-hydrogen) atoms. The summed E-state index contributed by atoms with van der Waals surface area (Å²) >= 11 is 8.26. The van der Waals surface area contributed by atoms with Crippen molar-refractivity contribution < 1.29 is 19.8 Å². The Morgan fingerprint density at radius 1 is 1.52 bits per heavy atom. The van der Waals surface area contributed by atoms with E-state index in [0.29, 0.717) is 4.47 Å². The first-order valence-corrected chi connectivity index (χ1v) is 7.89. The smallest absolute Gasteiger partial charge is 0.413 e.